The highest BCUT2D eigenvalue weighted by atomic mass is 16.7. The second kappa shape index (κ2) is 9.65. The van der Waals surface area contributed by atoms with Crippen LogP contribution >= 0.6 is 0 Å². The number of rotatable bonds is 6. The second-order valence-corrected chi connectivity index (χ2v) is 7.97. The molecule has 2 heterocycles. The number of carbonyl (C=O) groups excluding carboxylic acids is 1. The quantitative estimate of drug-likeness (QED) is 0.378. The summed E-state index contributed by atoms with van der Waals surface area (Å²) in [6.45, 7) is -0.647. The van der Waals surface area contributed by atoms with Crippen molar-refractivity contribution in [3.63, 3.8) is 0 Å². The van der Waals surface area contributed by atoms with E-state index in [-0.39, 0.29) is 29.5 Å². The lowest BCUT2D eigenvalue weighted by atomic mass is 9.88. The van der Waals surface area contributed by atoms with Gasteiger partial charge in [0.2, 0.25) is 6.29 Å². The topological polar surface area (TPSA) is 164 Å². The van der Waals surface area contributed by atoms with Crippen LogP contribution in [0.1, 0.15) is 21.8 Å². The van der Waals surface area contributed by atoms with Gasteiger partial charge in [0.05, 0.1) is 26.7 Å². The minimum atomic E-state index is -1.63. The summed E-state index contributed by atoms with van der Waals surface area (Å²) in [5.74, 6) is -0.505. The van der Waals surface area contributed by atoms with Gasteiger partial charge < -0.3 is 49.2 Å². The molecule has 184 valence electrons. The van der Waals surface area contributed by atoms with E-state index in [4.69, 9.17) is 23.7 Å². The number of aliphatic hydroxyl groups excluding tert-OH is 4. The SMILES string of the molecule is COc1ccc([C@H]2COc3cc(O[C@@H]4O[C@H](CO)[C@@H](O)[C@H](O)[C@H]4O)cc(O)c3C2=O)c(OC)c1. The van der Waals surface area contributed by atoms with Gasteiger partial charge in [0, 0.05) is 23.8 Å². The first kappa shape index (κ1) is 24.0. The van der Waals surface area contributed by atoms with Gasteiger partial charge >= 0.3 is 0 Å². The summed E-state index contributed by atoms with van der Waals surface area (Å²) >= 11 is 0. The summed E-state index contributed by atoms with van der Waals surface area (Å²) in [4.78, 5) is 13.3. The molecule has 11 nitrogen and oxygen atoms in total. The molecule has 6 atom stereocenters. The lowest BCUT2D eigenvalue weighted by Gasteiger charge is -2.39. The molecule has 1 saturated heterocycles. The average molecular weight is 478 g/mol. The number of aromatic hydroxyl groups is 1. The molecule has 0 amide bonds. The third-order valence-electron chi connectivity index (χ3n) is 5.94. The first-order valence-electron chi connectivity index (χ1n) is 10.5. The number of benzene rings is 2. The van der Waals surface area contributed by atoms with Crippen molar-refractivity contribution in [2.75, 3.05) is 27.4 Å². The summed E-state index contributed by atoms with van der Waals surface area (Å²) in [6, 6.07) is 7.53. The van der Waals surface area contributed by atoms with Gasteiger partial charge in [-0.25, -0.2) is 0 Å². The number of phenolic OH excluding ortho intramolecular Hbond substituents is 1. The van der Waals surface area contributed by atoms with Gasteiger partial charge in [-0.15, -0.1) is 0 Å². The van der Waals surface area contributed by atoms with Crippen LogP contribution in [-0.2, 0) is 4.74 Å². The summed E-state index contributed by atoms with van der Waals surface area (Å²) in [5, 5.41) is 49.9. The average Bonchev–Trinajstić information content (AvgIpc) is 2.84. The molecule has 11 heteroatoms. The van der Waals surface area contributed by atoms with E-state index in [2.05, 4.69) is 0 Å². The molecule has 0 aromatic heterocycles. The van der Waals surface area contributed by atoms with Crippen LogP contribution in [0.5, 0.6) is 28.7 Å². The van der Waals surface area contributed by atoms with Gasteiger partial charge in [-0.3, -0.25) is 4.79 Å². The van der Waals surface area contributed by atoms with Crippen molar-refractivity contribution >= 4 is 5.78 Å². The maximum Gasteiger partial charge on any atom is 0.229 e. The molecule has 34 heavy (non-hydrogen) atoms. The van der Waals surface area contributed by atoms with Gasteiger partial charge in [0.15, 0.2) is 5.78 Å². The first-order chi connectivity index (χ1) is 16.3. The van der Waals surface area contributed by atoms with Crippen molar-refractivity contribution < 1.29 is 54.0 Å². The van der Waals surface area contributed by atoms with E-state index in [1.807, 2.05) is 0 Å². The van der Waals surface area contributed by atoms with Crippen molar-refractivity contribution in [3.8, 4) is 28.7 Å². The zero-order valence-electron chi connectivity index (χ0n) is 18.5. The number of hydrogen-bond acceptors (Lipinski definition) is 11. The zero-order chi connectivity index (χ0) is 24.6. The van der Waals surface area contributed by atoms with Crippen molar-refractivity contribution in [1.82, 2.24) is 0 Å². The fourth-order valence-corrected chi connectivity index (χ4v) is 4.06. The molecule has 0 bridgehead atoms. The Morgan fingerprint density at radius 2 is 1.76 bits per heavy atom. The van der Waals surface area contributed by atoms with Crippen LogP contribution in [0.25, 0.3) is 0 Å². The first-order valence-corrected chi connectivity index (χ1v) is 10.5. The van der Waals surface area contributed by atoms with Crippen LogP contribution in [-0.4, -0.2) is 89.5 Å². The maximum absolute atomic E-state index is 13.3. The fourth-order valence-electron chi connectivity index (χ4n) is 4.06. The predicted molar refractivity (Wildman–Crippen MR) is 115 cm³/mol. The Balaban J connectivity index is 1.59. The van der Waals surface area contributed by atoms with Crippen molar-refractivity contribution in [2.45, 2.75) is 36.6 Å². The third kappa shape index (κ3) is 4.24. The van der Waals surface area contributed by atoms with Crippen LogP contribution in [0.15, 0.2) is 30.3 Å². The normalized spacial score (nSPS) is 28.6. The molecular formula is C23H26O11. The Hall–Kier alpha value is -3.09. The standard InChI is InChI=1S/C23H26O11/c1-30-10-3-4-12(15(6-10)31-2)13-9-32-16-7-11(5-14(25)18(16)19(13)26)33-23-22(29)21(28)20(27)17(8-24)34-23/h3-7,13,17,20-25,27-29H,8-9H2,1-2H3/t13-,17-,20-,21+,22-,23-/m1/s1. The number of hydrogen-bond donors (Lipinski definition) is 5. The van der Waals surface area contributed by atoms with E-state index >= 15 is 0 Å². The van der Waals surface area contributed by atoms with E-state index in [9.17, 15) is 30.3 Å². The number of fused-ring (bicyclic) bond motifs is 1. The fraction of sp³-hybridized carbons (Fsp3) is 0.435. The van der Waals surface area contributed by atoms with Gasteiger partial charge in [0.1, 0.15) is 65.3 Å². The lowest BCUT2D eigenvalue weighted by molar-refractivity contribution is -0.277. The van der Waals surface area contributed by atoms with E-state index in [1.54, 1.807) is 18.2 Å². The molecule has 2 aliphatic heterocycles. The van der Waals surface area contributed by atoms with E-state index in [1.165, 1.54) is 20.3 Å². The molecule has 2 aromatic rings. The molecular weight excluding hydrogens is 452 g/mol. The molecule has 0 unspecified atom stereocenters. The number of Topliss-reactive ketones (excluding diaryl/α,β-unsaturated/α-hetero) is 1. The second-order valence-electron chi connectivity index (χ2n) is 7.97. The van der Waals surface area contributed by atoms with E-state index in [0.717, 1.165) is 6.07 Å². The molecule has 5 N–H and O–H groups in total. The Kier molecular flexibility index (Phi) is 6.82. The smallest absolute Gasteiger partial charge is 0.229 e. The highest BCUT2D eigenvalue weighted by molar-refractivity contribution is 6.06. The Morgan fingerprint density at radius 1 is 1.00 bits per heavy atom. The molecule has 2 aromatic carbocycles. The van der Waals surface area contributed by atoms with Crippen LogP contribution < -0.4 is 18.9 Å². The molecule has 0 aliphatic carbocycles. The largest absolute Gasteiger partial charge is 0.507 e. The monoisotopic (exact) mass is 478 g/mol. The number of phenols is 1. The highest BCUT2D eigenvalue weighted by Crippen LogP contribution is 2.43. The van der Waals surface area contributed by atoms with Crippen LogP contribution in [0.2, 0.25) is 0 Å². The van der Waals surface area contributed by atoms with E-state index < -0.39 is 49.0 Å². The number of ketones is 1. The third-order valence-corrected chi connectivity index (χ3v) is 5.94. The van der Waals surface area contributed by atoms with Gasteiger partial charge in [-0.1, -0.05) is 6.07 Å². The minimum Gasteiger partial charge on any atom is -0.507 e. The Labute approximate surface area is 194 Å². The lowest BCUT2D eigenvalue weighted by Crippen LogP contribution is -2.60. The summed E-state index contributed by atoms with van der Waals surface area (Å²) < 4.78 is 27.2. The maximum atomic E-state index is 13.3. The molecule has 2 aliphatic rings. The number of methoxy groups -OCH3 is 2. The van der Waals surface area contributed by atoms with Gasteiger partial charge in [0.25, 0.3) is 0 Å². The van der Waals surface area contributed by atoms with Crippen molar-refractivity contribution in [3.05, 3.63) is 41.5 Å². The molecule has 0 spiro atoms. The molecule has 0 radical (unpaired) electrons. The Bertz CT molecular complexity index is 1050. The summed E-state index contributed by atoms with van der Waals surface area (Å²) in [6.07, 6.45) is -7.41. The minimum absolute atomic E-state index is 0.0196. The van der Waals surface area contributed by atoms with Crippen LogP contribution in [0, 0.1) is 0 Å². The van der Waals surface area contributed by atoms with Crippen molar-refractivity contribution in [2.24, 2.45) is 0 Å². The molecule has 1 fully saturated rings. The summed E-state index contributed by atoms with van der Waals surface area (Å²) in [5.41, 5.74) is 0.523. The summed E-state index contributed by atoms with van der Waals surface area (Å²) in [7, 11) is 2.99. The predicted octanol–water partition coefficient (Wildman–Crippen LogP) is -0.0530. The zero-order valence-corrected chi connectivity index (χ0v) is 18.5. The number of ether oxygens (including phenoxy) is 5. The van der Waals surface area contributed by atoms with Gasteiger partial charge in [-0.2, -0.15) is 0 Å². The highest BCUT2D eigenvalue weighted by Gasteiger charge is 2.45. The van der Waals surface area contributed by atoms with E-state index in [0.29, 0.717) is 17.1 Å². The molecule has 0 saturated carbocycles. The number of carbonyl (C=O) groups is 1. The van der Waals surface area contributed by atoms with Crippen LogP contribution in [0.3, 0.4) is 0 Å². The van der Waals surface area contributed by atoms with Crippen molar-refractivity contribution in [1.29, 1.82) is 0 Å². The Morgan fingerprint density at radius 3 is 2.44 bits per heavy atom. The van der Waals surface area contributed by atoms with Gasteiger partial charge in [-0.05, 0) is 6.07 Å². The van der Waals surface area contributed by atoms with Crippen LogP contribution in [0.4, 0.5) is 0 Å². The number of aliphatic hydroxyl groups is 4. The molecule has 4 rings (SSSR count).